The van der Waals surface area contributed by atoms with E-state index in [0.29, 0.717) is 23.0 Å². The minimum Gasteiger partial charge on any atom is -0.508 e. The van der Waals surface area contributed by atoms with Crippen molar-refractivity contribution in [3.8, 4) is 28.6 Å². The van der Waals surface area contributed by atoms with Crippen molar-refractivity contribution in [1.82, 2.24) is 10.1 Å². The minimum atomic E-state index is 0.0155. The van der Waals surface area contributed by atoms with E-state index in [2.05, 4.69) is 10.1 Å². The normalized spacial score (nSPS) is 10.4. The number of phenols is 1. The summed E-state index contributed by atoms with van der Waals surface area (Å²) in [7, 11) is 2.96. The first-order valence-corrected chi connectivity index (χ1v) is 5.17. The number of methoxy groups -OCH3 is 2. The van der Waals surface area contributed by atoms with E-state index in [1.165, 1.54) is 26.4 Å². The Balaban J connectivity index is 2.58. The van der Waals surface area contributed by atoms with Crippen LogP contribution >= 0.6 is 0 Å². The van der Waals surface area contributed by atoms with Gasteiger partial charge in [-0.3, -0.25) is 0 Å². The molecule has 0 saturated carbocycles. The summed E-state index contributed by atoms with van der Waals surface area (Å²) in [5, 5.41) is 13.4. The molecule has 0 unspecified atom stereocenters. The molecule has 3 N–H and O–H groups in total. The summed E-state index contributed by atoms with van der Waals surface area (Å²) < 4.78 is 15.3. The van der Waals surface area contributed by atoms with Crippen molar-refractivity contribution < 1.29 is 19.1 Å². The van der Waals surface area contributed by atoms with Crippen LogP contribution in [0.25, 0.3) is 11.4 Å². The molecule has 0 radical (unpaired) electrons. The van der Waals surface area contributed by atoms with Gasteiger partial charge < -0.3 is 24.8 Å². The fourth-order valence-electron chi connectivity index (χ4n) is 1.56. The summed E-state index contributed by atoms with van der Waals surface area (Å²) in [5.74, 6) is 1.39. The number of nitrogens with two attached hydrogens (primary N) is 1. The predicted octanol–water partition coefficient (Wildman–Crippen LogP) is 0.918. The van der Waals surface area contributed by atoms with Gasteiger partial charge in [0.2, 0.25) is 11.7 Å². The second-order valence-corrected chi connectivity index (χ2v) is 3.44. The average Bonchev–Trinajstić information content (AvgIpc) is 2.86. The third kappa shape index (κ3) is 2.07. The molecule has 0 spiro atoms. The zero-order valence-electron chi connectivity index (χ0n) is 10.0. The largest absolute Gasteiger partial charge is 0.508 e. The van der Waals surface area contributed by atoms with Gasteiger partial charge in [0.15, 0.2) is 11.5 Å². The van der Waals surface area contributed by atoms with Gasteiger partial charge in [-0.2, -0.15) is 4.98 Å². The van der Waals surface area contributed by atoms with Crippen LogP contribution in [0.15, 0.2) is 16.7 Å². The molecule has 0 saturated heterocycles. The van der Waals surface area contributed by atoms with Gasteiger partial charge in [0, 0.05) is 6.07 Å². The van der Waals surface area contributed by atoms with Crippen LogP contribution in [-0.2, 0) is 6.54 Å². The first-order chi connectivity index (χ1) is 8.69. The lowest BCUT2D eigenvalue weighted by Gasteiger charge is -2.10. The molecule has 0 fully saturated rings. The lowest BCUT2D eigenvalue weighted by atomic mass is 10.1. The van der Waals surface area contributed by atoms with E-state index in [-0.39, 0.29) is 18.1 Å². The quantitative estimate of drug-likeness (QED) is 0.832. The van der Waals surface area contributed by atoms with Crippen LogP contribution in [0.4, 0.5) is 0 Å². The Morgan fingerprint density at radius 3 is 2.67 bits per heavy atom. The van der Waals surface area contributed by atoms with E-state index in [9.17, 15) is 5.11 Å². The van der Waals surface area contributed by atoms with Gasteiger partial charge in [0.25, 0.3) is 0 Å². The summed E-state index contributed by atoms with van der Waals surface area (Å²) in [6.07, 6.45) is 0. The van der Waals surface area contributed by atoms with Crippen molar-refractivity contribution in [2.75, 3.05) is 14.2 Å². The Morgan fingerprint density at radius 2 is 2.11 bits per heavy atom. The monoisotopic (exact) mass is 251 g/mol. The first kappa shape index (κ1) is 12.2. The highest BCUT2D eigenvalue weighted by molar-refractivity contribution is 5.70. The van der Waals surface area contributed by atoms with E-state index in [1.54, 1.807) is 0 Å². The van der Waals surface area contributed by atoms with Crippen molar-refractivity contribution in [2.45, 2.75) is 6.54 Å². The molecule has 0 atom stereocenters. The van der Waals surface area contributed by atoms with Crippen LogP contribution in [0.5, 0.6) is 17.2 Å². The zero-order chi connectivity index (χ0) is 13.1. The summed E-state index contributed by atoms with van der Waals surface area (Å²) in [4.78, 5) is 4.07. The Labute approximate surface area is 103 Å². The number of aromatic hydroxyl groups is 1. The molecule has 96 valence electrons. The first-order valence-electron chi connectivity index (χ1n) is 5.17. The number of nitrogens with zero attached hydrogens (tertiary/aromatic N) is 2. The van der Waals surface area contributed by atoms with Crippen molar-refractivity contribution >= 4 is 0 Å². The van der Waals surface area contributed by atoms with Crippen LogP contribution in [0, 0.1) is 0 Å². The number of ether oxygens (including phenoxy) is 2. The van der Waals surface area contributed by atoms with E-state index in [1.807, 2.05) is 0 Å². The molecule has 7 heteroatoms. The van der Waals surface area contributed by atoms with Crippen LogP contribution in [-0.4, -0.2) is 29.5 Å². The summed E-state index contributed by atoms with van der Waals surface area (Å²) in [5.41, 5.74) is 5.87. The number of phenolic OH excluding ortho intramolecular Hbond substituents is 1. The standard InChI is InChI=1S/C11H13N3O4/c1-16-8-4-6(15)3-7(10(8)17-2)11-13-9(5-12)18-14-11/h3-4,15H,5,12H2,1-2H3. The molecular weight excluding hydrogens is 238 g/mol. The second kappa shape index (κ2) is 4.92. The van der Waals surface area contributed by atoms with Crippen LogP contribution in [0.2, 0.25) is 0 Å². The van der Waals surface area contributed by atoms with Gasteiger partial charge in [-0.25, -0.2) is 0 Å². The molecule has 1 aromatic carbocycles. The Hall–Kier alpha value is -2.28. The Kier molecular flexibility index (Phi) is 3.33. The molecule has 0 aliphatic carbocycles. The third-order valence-corrected chi connectivity index (χ3v) is 2.35. The molecule has 2 rings (SSSR count). The van der Waals surface area contributed by atoms with Gasteiger partial charge in [0.1, 0.15) is 5.75 Å². The van der Waals surface area contributed by atoms with E-state index < -0.39 is 0 Å². The molecular formula is C11H13N3O4. The van der Waals surface area contributed by atoms with Gasteiger partial charge in [-0.1, -0.05) is 5.16 Å². The molecule has 2 aromatic rings. The van der Waals surface area contributed by atoms with Crippen molar-refractivity contribution in [2.24, 2.45) is 5.73 Å². The SMILES string of the molecule is COc1cc(O)cc(-c2noc(CN)n2)c1OC. The Bertz CT molecular complexity index is 553. The minimum absolute atomic E-state index is 0.0155. The molecule has 0 bridgehead atoms. The topological polar surface area (TPSA) is 104 Å². The molecule has 18 heavy (non-hydrogen) atoms. The van der Waals surface area contributed by atoms with E-state index in [4.69, 9.17) is 19.7 Å². The van der Waals surface area contributed by atoms with E-state index in [0.717, 1.165) is 0 Å². The molecule has 1 aromatic heterocycles. The Morgan fingerprint density at radius 1 is 1.33 bits per heavy atom. The summed E-state index contributed by atoms with van der Waals surface area (Å²) >= 11 is 0. The maximum absolute atomic E-state index is 9.62. The van der Waals surface area contributed by atoms with Gasteiger partial charge in [-0.15, -0.1) is 0 Å². The van der Waals surface area contributed by atoms with Gasteiger partial charge >= 0.3 is 0 Å². The van der Waals surface area contributed by atoms with Crippen LogP contribution < -0.4 is 15.2 Å². The second-order valence-electron chi connectivity index (χ2n) is 3.44. The maximum atomic E-state index is 9.62. The van der Waals surface area contributed by atoms with Crippen molar-refractivity contribution in [3.05, 3.63) is 18.0 Å². The number of hydrogen-bond acceptors (Lipinski definition) is 7. The number of rotatable bonds is 4. The molecule has 0 aliphatic heterocycles. The van der Waals surface area contributed by atoms with Gasteiger partial charge in [0.05, 0.1) is 26.3 Å². The van der Waals surface area contributed by atoms with Crippen molar-refractivity contribution in [3.63, 3.8) is 0 Å². The molecule has 7 nitrogen and oxygen atoms in total. The number of aromatic nitrogens is 2. The third-order valence-electron chi connectivity index (χ3n) is 2.35. The average molecular weight is 251 g/mol. The highest BCUT2D eigenvalue weighted by atomic mass is 16.5. The lowest BCUT2D eigenvalue weighted by molar-refractivity contribution is 0.351. The summed E-state index contributed by atoms with van der Waals surface area (Å²) in [6.45, 7) is 0.144. The molecule has 0 aliphatic rings. The predicted molar refractivity (Wildman–Crippen MR) is 62.4 cm³/mol. The van der Waals surface area contributed by atoms with Crippen LogP contribution in [0.3, 0.4) is 0 Å². The maximum Gasteiger partial charge on any atom is 0.240 e. The van der Waals surface area contributed by atoms with E-state index >= 15 is 0 Å². The van der Waals surface area contributed by atoms with Gasteiger partial charge in [-0.05, 0) is 6.07 Å². The molecule has 1 heterocycles. The lowest BCUT2D eigenvalue weighted by Crippen LogP contribution is -1.97. The van der Waals surface area contributed by atoms with Crippen LogP contribution in [0.1, 0.15) is 5.89 Å². The fraction of sp³-hybridized carbons (Fsp3) is 0.273. The fourth-order valence-corrected chi connectivity index (χ4v) is 1.56. The zero-order valence-corrected chi connectivity index (χ0v) is 10.0. The smallest absolute Gasteiger partial charge is 0.240 e. The summed E-state index contributed by atoms with van der Waals surface area (Å²) in [6, 6.07) is 2.90. The number of benzene rings is 1. The highest BCUT2D eigenvalue weighted by Crippen LogP contribution is 2.39. The molecule has 0 amide bonds. The van der Waals surface area contributed by atoms with Crippen molar-refractivity contribution in [1.29, 1.82) is 0 Å². The highest BCUT2D eigenvalue weighted by Gasteiger charge is 2.18. The number of hydrogen-bond donors (Lipinski definition) is 2.